The standard InChI is InChI=1S/C19H27FN4O3/c20-16-3-1-15(2-4-16)14-24-8-6-22-19(26)17(24)13-18(25)21-5-7-23-9-11-27-12-10-23/h1-4,17H,5-14H2,(H,21,25)(H,22,26). The summed E-state index contributed by atoms with van der Waals surface area (Å²) in [5.74, 6) is -0.549. The summed E-state index contributed by atoms with van der Waals surface area (Å²) in [5, 5.41) is 5.74. The Balaban J connectivity index is 1.49. The van der Waals surface area contributed by atoms with Crippen molar-refractivity contribution in [1.29, 1.82) is 0 Å². The van der Waals surface area contributed by atoms with Crippen molar-refractivity contribution < 1.29 is 18.7 Å². The van der Waals surface area contributed by atoms with Crippen molar-refractivity contribution in [3.8, 4) is 0 Å². The molecule has 0 saturated carbocycles. The molecule has 0 radical (unpaired) electrons. The molecule has 27 heavy (non-hydrogen) atoms. The summed E-state index contributed by atoms with van der Waals surface area (Å²) in [7, 11) is 0. The number of ether oxygens (including phenoxy) is 1. The molecule has 2 saturated heterocycles. The zero-order chi connectivity index (χ0) is 19.1. The van der Waals surface area contributed by atoms with Crippen molar-refractivity contribution in [2.75, 3.05) is 52.5 Å². The van der Waals surface area contributed by atoms with Gasteiger partial charge < -0.3 is 15.4 Å². The van der Waals surface area contributed by atoms with E-state index in [-0.39, 0.29) is 24.1 Å². The Morgan fingerprint density at radius 1 is 1.22 bits per heavy atom. The minimum Gasteiger partial charge on any atom is -0.379 e. The van der Waals surface area contributed by atoms with E-state index >= 15 is 0 Å². The van der Waals surface area contributed by atoms with E-state index in [1.165, 1.54) is 12.1 Å². The number of nitrogens with one attached hydrogen (secondary N) is 2. The summed E-state index contributed by atoms with van der Waals surface area (Å²) >= 11 is 0. The minimum atomic E-state index is -0.507. The molecule has 2 aliphatic heterocycles. The summed E-state index contributed by atoms with van der Waals surface area (Å²) in [6.07, 6.45) is 0.121. The fourth-order valence-corrected chi connectivity index (χ4v) is 3.42. The molecule has 1 aromatic rings. The van der Waals surface area contributed by atoms with Gasteiger partial charge in [0.15, 0.2) is 0 Å². The summed E-state index contributed by atoms with van der Waals surface area (Å²) < 4.78 is 18.4. The number of piperazine rings is 1. The molecule has 7 nitrogen and oxygen atoms in total. The second-order valence-corrected chi connectivity index (χ2v) is 6.91. The molecule has 148 valence electrons. The maximum atomic E-state index is 13.1. The highest BCUT2D eigenvalue weighted by molar-refractivity contribution is 5.88. The first-order valence-corrected chi connectivity index (χ1v) is 9.45. The molecule has 1 atom stereocenters. The van der Waals surface area contributed by atoms with Gasteiger partial charge in [-0.25, -0.2) is 4.39 Å². The molecule has 0 aliphatic carbocycles. The highest BCUT2D eigenvalue weighted by Gasteiger charge is 2.31. The predicted molar refractivity (Wildman–Crippen MR) is 98.5 cm³/mol. The summed E-state index contributed by atoms with van der Waals surface area (Å²) in [6, 6.07) is 5.73. The largest absolute Gasteiger partial charge is 0.379 e. The van der Waals surface area contributed by atoms with E-state index in [1.807, 2.05) is 4.90 Å². The Morgan fingerprint density at radius 2 is 1.96 bits per heavy atom. The summed E-state index contributed by atoms with van der Waals surface area (Å²) in [5.41, 5.74) is 0.920. The number of nitrogens with zero attached hydrogens (tertiary/aromatic N) is 2. The normalized spacial score (nSPS) is 21.7. The molecule has 2 N–H and O–H groups in total. The number of amides is 2. The van der Waals surface area contributed by atoms with Gasteiger partial charge in [-0.3, -0.25) is 19.4 Å². The van der Waals surface area contributed by atoms with Crippen molar-refractivity contribution >= 4 is 11.8 Å². The summed E-state index contributed by atoms with van der Waals surface area (Å²) in [4.78, 5) is 28.8. The average molecular weight is 378 g/mol. The number of halogens is 1. The van der Waals surface area contributed by atoms with Crippen LogP contribution in [-0.2, 0) is 20.9 Å². The van der Waals surface area contributed by atoms with Gasteiger partial charge >= 0.3 is 0 Å². The van der Waals surface area contributed by atoms with Gasteiger partial charge in [-0.2, -0.15) is 0 Å². The molecular formula is C19H27FN4O3. The zero-order valence-corrected chi connectivity index (χ0v) is 15.5. The SMILES string of the molecule is O=C(CC1C(=O)NCCN1Cc1ccc(F)cc1)NCCN1CCOCC1. The second kappa shape index (κ2) is 9.77. The molecule has 0 spiro atoms. The number of hydrogen-bond donors (Lipinski definition) is 2. The monoisotopic (exact) mass is 378 g/mol. The van der Waals surface area contributed by atoms with Gasteiger partial charge in [0, 0.05) is 45.8 Å². The Kier molecular flexibility index (Phi) is 7.14. The maximum absolute atomic E-state index is 13.1. The Labute approximate surface area is 158 Å². The molecule has 0 aromatic heterocycles. The fourth-order valence-electron chi connectivity index (χ4n) is 3.42. The highest BCUT2D eigenvalue weighted by atomic mass is 19.1. The van der Waals surface area contributed by atoms with Crippen LogP contribution in [0.1, 0.15) is 12.0 Å². The first kappa shape index (κ1) is 19.7. The number of morpholine rings is 1. The van der Waals surface area contributed by atoms with Gasteiger partial charge in [-0.1, -0.05) is 12.1 Å². The lowest BCUT2D eigenvalue weighted by atomic mass is 10.1. The van der Waals surface area contributed by atoms with Crippen molar-refractivity contribution in [2.45, 2.75) is 19.0 Å². The molecule has 1 aromatic carbocycles. The third kappa shape index (κ3) is 5.98. The van der Waals surface area contributed by atoms with Crippen LogP contribution in [0.5, 0.6) is 0 Å². The van der Waals surface area contributed by atoms with Crippen LogP contribution in [0.3, 0.4) is 0 Å². The Bertz CT molecular complexity index is 634. The lowest BCUT2D eigenvalue weighted by molar-refractivity contribution is -0.134. The van der Waals surface area contributed by atoms with Crippen molar-refractivity contribution in [3.63, 3.8) is 0 Å². The number of hydrogen-bond acceptors (Lipinski definition) is 5. The topological polar surface area (TPSA) is 73.9 Å². The van der Waals surface area contributed by atoms with Crippen LogP contribution in [0.15, 0.2) is 24.3 Å². The van der Waals surface area contributed by atoms with Crippen LogP contribution in [0.4, 0.5) is 4.39 Å². The van der Waals surface area contributed by atoms with Crippen LogP contribution in [0, 0.1) is 5.82 Å². The van der Waals surface area contributed by atoms with Crippen LogP contribution in [0.2, 0.25) is 0 Å². The van der Waals surface area contributed by atoms with E-state index in [9.17, 15) is 14.0 Å². The number of rotatable bonds is 7. The molecule has 2 aliphatic rings. The molecule has 0 bridgehead atoms. The number of carbonyl (C=O) groups excluding carboxylic acids is 2. The second-order valence-electron chi connectivity index (χ2n) is 6.91. The average Bonchev–Trinajstić information content (AvgIpc) is 2.67. The smallest absolute Gasteiger partial charge is 0.237 e. The van der Waals surface area contributed by atoms with Gasteiger partial charge in [-0.15, -0.1) is 0 Å². The van der Waals surface area contributed by atoms with Crippen molar-refractivity contribution in [1.82, 2.24) is 20.4 Å². The predicted octanol–water partition coefficient (Wildman–Crippen LogP) is -0.0354. The lowest BCUT2D eigenvalue weighted by Crippen LogP contribution is -2.56. The number of carbonyl (C=O) groups is 2. The molecule has 2 heterocycles. The van der Waals surface area contributed by atoms with Crippen LogP contribution < -0.4 is 10.6 Å². The van der Waals surface area contributed by atoms with E-state index in [0.717, 1.165) is 38.4 Å². The third-order valence-corrected chi connectivity index (χ3v) is 4.97. The molecular weight excluding hydrogens is 351 g/mol. The van der Waals surface area contributed by atoms with E-state index < -0.39 is 6.04 Å². The lowest BCUT2D eigenvalue weighted by Gasteiger charge is -2.34. The molecule has 3 rings (SSSR count). The van der Waals surface area contributed by atoms with E-state index in [1.54, 1.807) is 12.1 Å². The maximum Gasteiger partial charge on any atom is 0.237 e. The molecule has 2 fully saturated rings. The first-order valence-electron chi connectivity index (χ1n) is 9.45. The van der Waals surface area contributed by atoms with Crippen LogP contribution >= 0.6 is 0 Å². The van der Waals surface area contributed by atoms with Crippen LogP contribution in [-0.4, -0.2) is 80.1 Å². The molecule has 1 unspecified atom stereocenters. The fraction of sp³-hybridized carbons (Fsp3) is 0.579. The van der Waals surface area contributed by atoms with Crippen LogP contribution in [0.25, 0.3) is 0 Å². The van der Waals surface area contributed by atoms with Gasteiger partial charge in [0.1, 0.15) is 5.82 Å². The highest BCUT2D eigenvalue weighted by Crippen LogP contribution is 2.14. The van der Waals surface area contributed by atoms with Gasteiger partial charge in [0.2, 0.25) is 11.8 Å². The van der Waals surface area contributed by atoms with Crippen molar-refractivity contribution in [2.24, 2.45) is 0 Å². The van der Waals surface area contributed by atoms with Crippen molar-refractivity contribution in [3.05, 3.63) is 35.6 Å². The Morgan fingerprint density at radius 3 is 2.70 bits per heavy atom. The molecule has 8 heteroatoms. The van der Waals surface area contributed by atoms with E-state index in [4.69, 9.17) is 4.74 Å². The third-order valence-electron chi connectivity index (χ3n) is 4.97. The van der Waals surface area contributed by atoms with Gasteiger partial charge in [0.25, 0.3) is 0 Å². The molecule has 2 amide bonds. The van der Waals surface area contributed by atoms with Gasteiger partial charge in [0.05, 0.1) is 25.7 Å². The quantitative estimate of drug-likeness (QED) is 0.697. The first-order chi connectivity index (χ1) is 13.1. The summed E-state index contributed by atoms with van der Waals surface area (Å²) in [6.45, 7) is 6.29. The Hall–Kier alpha value is -2.03. The van der Waals surface area contributed by atoms with E-state index in [2.05, 4.69) is 15.5 Å². The number of benzene rings is 1. The minimum absolute atomic E-state index is 0.121. The van der Waals surface area contributed by atoms with Gasteiger partial charge in [-0.05, 0) is 17.7 Å². The van der Waals surface area contributed by atoms with E-state index in [0.29, 0.717) is 26.2 Å². The zero-order valence-electron chi connectivity index (χ0n) is 15.5.